The Morgan fingerprint density at radius 1 is 1.53 bits per heavy atom. The molecule has 0 spiro atoms. The third kappa shape index (κ3) is 2.07. The number of aryl methyl sites for hydroxylation is 1. The van der Waals surface area contributed by atoms with Gasteiger partial charge in [0.1, 0.15) is 5.82 Å². The molecule has 0 aliphatic rings. The van der Waals surface area contributed by atoms with Gasteiger partial charge in [-0.2, -0.15) is 5.10 Å². The van der Waals surface area contributed by atoms with Crippen LogP contribution in [0.5, 0.6) is 0 Å². The second kappa shape index (κ2) is 4.20. The van der Waals surface area contributed by atoms with Gasteiger partial charge in [0.25, 0.3) is 5.69 Å². The molecule has 1 heterocycles. The summed E-state index contributed by atoms with van der Waals surface area (Å²) in [4.78, 5) is 14.4. The molecule has 0 atom stereocenters. The average Bonchev–Trinajstić information content (AvgIpc) is 2.77. The summed E-state index contributed by atoms with van der Waals surface area (Å²) in [5, 5.41) is 17.4. The summed E-state index contributed by atoms with van der Waals surface area (Å²) in [5.41, 5.74) is 6.61. The van der Waals surface area contributed by atoms with Crippen LogP contribution in [-0.4, -0.2) is 20.1 Å². The average molecular weight is 233 g/mol. The van der Waals surface area contributed by atoms with Crippen molar-refractivity contribution in [2.45, 2.75) is 13.3 Å². The summed E-state index contributed by atoms with van der Waals surface area (Å²) < 4.78 is 0. The van der Waals surface area contributed by atoms with Gasteiger partial charge in [-0.05, 0) is 6.07 Å². The first-order valence-electron chi connectivity index (χ1n) is 5.07. The maximum atomic E-state index is 10.7. The molecule has 3 N–H and O–H groups in total. The van der Waals surface area contributed by atoms with Gasteiger partial charge in [0.05, 0.1) is 10.5 Å². The third-order valence-electron chi connectivity index (χ3n) is 2.36. The number of nitrogens with two attached hydrogens (primary N) is 1. The Bertz CT molecular complexity index is 564. The maximum Gasteiger partial charge on any atom is 0.270 e. The van der Waals surface area contributed by atoms with E-state index in [1.165, 1.54) is 18.2 Å². The van der Waals surface area contributed by atoms with Gasteiger partial charge >= 0.3 is 0 Å². The molecule has 0 radical (unpaired) electrons. The molecule has 7 nitrogen and oxygen atoms in total. The number of H-pyrrole nitrogens is 1. The lowest BCUT2D eigenvalue weighted by molar-refractivity contribution is -0.384. The van der Waals surface area contributed by atoms with Crippen LogP contribution in [0.1, 0.15) is 12.7 Å². The van der Waals surface area contributed by atoms with Crippen molar-refractivity contribution in [3.8, 4) is 11.4 Å². The summed E-state index contributed by atoms with van der Waals surface area (Å²) >= 11 is 0. The van der Waals surface area contributed by atoms with Gasteiger partial charge in [-0.1, -0.05) is 6.92 Å². The first kappa shape index (κ1) is 11.1. The van der Waals surface area contributed by atoms with Crippen LogP contribution in [0.25, 0.3) is 11.4 Å². The minimum Gasteiger partial charge on any atom is -0.398 e. The number of nitrogen functional groups attached to an aromatic ring is 1. The van der Waals surface area contributed by atoms with E-state index in [1.807, 2.05) is 6.92 Å². The maximum absolute atomic E-state index is 10.7. The first-order valence-corrected chi connectivity index (χ1v) is 5.07. The van der Waals surface area contributed by atoms with Crippen molar-refractivity contribution in [1.82, 2.24) is 15.2 Å². The highest BCUT2D eigenvalue weighted by Crippen LogP contribution is 2.27. The number of aromatic nitrogens is 3. The first-order chi connectivity index (χ1) is 8.11. The molecule has 88 valence electrons. The Balaban J connectivity index is 2.49. The number of aromatic amines is 1. The summed E-state index contributed by atoms with van der Waals surface area (Å²) in [6.45, 7) is 1.93. The van der Waals surface area contributed by atoms with Gasteiger partial charge in [0.15, 0.2) is 5.82 Å². The number of nitro benzene ring substituents is 1. The van der Waals surface area contributed by atoms with Crippen LogP contribution in [0.3, 0.4) is 0 Å². The molecule has 0 fully saturated rings. The van der Waals surface area contributed by atoms with Crippen LogP contribution in [0.2, 0.25) is 0 Å². The van der Waals surface area contributed by atoms with E-state index in [2.05, 4.69) is 15.2 Å². The van der Waals surface area contributed by atoms with Crippen molar-refractivity contribution in [1.29, 1.82) is 0 Å². The Hall–Kier alpha value is -2.44. The van der Waals surface area contributed by atoms with Crippen LogP contribution in [0.15, 0.2) is 18.2 Å². The smallest absolute Gasteiger partial charge is 0.270 e. The van der Waals surface area contributed by atoms with Crippen LogP contribution in [0.4, 0.5) is 11.4 Å². The molecule has 1 aromatic heterocycles. The molecule has 1 aromatic carbocycles. The Kier molecular flexibility index (Phi) is 2.73. The number of rotatable bonds is 3. The van der Waals surface area contributed by atoms with Gasteiger partial charge in [0.2, 0.25) is 0 Å². The number of hydrogen-bond acceptors (Lipinski definition) is 5. The minimum atomic E-state index is -0.476. The van der Waals surface area contributed by atoms with Crippen molar-refractivity contribution in [3.05, 3.63) is 34.1 Å². The Labute approximate surface area is 96.8 Å². The molecule has 0 amide bonds. The molecule has 2 aromatic rings. The molecular formula is C10H11N5O2. The highest BCUT2D eigenvalue weighted by molar-refractivity contribution is 5.73. The highest BCUT2D eigenvalue weighted by atomic mass is 16.6. The molecule has 17 heavy (non-hydrogen) atoms. The molecule has 0 aliphatic carbocycles. The Morgan fingerprint density at radius 3 is 2.88 bits per heavy atom. The molecule has 0 unspecified atom stereocenters. The summed E-state index contributed by atoms with van der Waals surface area (Å²) in [6.07, 6.45) is 0.710. The second-order valence-corrected chi connectivity index (χ2v) is 3.49. The van der Waals surface area contributed by atoms with Crippen LogP contribution in [0, 0.1) is 10.1 Å². The number of nitrogens with zero attached hydrogens (tertiary/aromatic N) is 3. The fraction of sp³-hybridized carbons (Fsp3) is 0.200. The van der Waals surface area contributed by atoms with Crippen LogP contribution < -0.4 is 5.73 Å². The lowest BCUT2D eigenvalue weighted by atomic mass is 10.1. The van der Waals surface area contributed by atoms with Crippen LogP contribution in [-0.2, 0) is 6.42 Å². The van der Waals surface area contributed by atoms with Gasteiger partial charge in [0, 0.05) is 24.2 Å². The SMILES string of the molecule is CCc1nc(-c2cc([N+](=O)[O-])ccc2N)n[nH]1. The van der Waals surface area contributed by atoms with E-state index < -0.39 is 4.92 Å². The van der Waals surface area contributed by atoms with E-state index >= 15 is 0 Å². The molecule has 0 saturated carbocycles. The van der Waals surface area contributed by atoms with E-state index in [9.17, 15) is 10.1 Å². The van der Waals surface area contributed by atoms with Crippen molar-refractivity contribution in [2.75, 3.05) is 5.73 Å². The van der Waals surface area contributed by atoms with Gasteiger partial charge in [-0.25, -0.2) is 4.98 Å². The van der Waals surface area contributed by atoms with E-state index in [0.29, 0.717) is 29.3 Å². The van der Waals surface area contributed by atoms with Crippen molar-refractivity contribution >= 4 is 11.4 Å². The van der Waals surface area contributed by atoms with E-state index in [4.69, 9.17) is 5.73 Å². The zero-order valence-corrected chi connectivity index (χ0v) is 9.17. The van der Waals surface area contributed by atoms with Crippen molar-refractivity contribution in [2.24, 2.45) is 0 Å². The number of nitro groups is 1. The van der Waals surface area contributed by atoms with Gasteiger partial charge < -0.3 is 5.73 Å². The predicted molar refractivity (Wildman–Crippen MR) is 62.3 cm³/mol. The topological polar surface area (TPSA) is 111 Å². The number of benzene rings is 1. The fourth-order valence-corrected chi connectivity index (χ4v) is 1.43. The standard InChI is InChI=1S/C10H11N5O2/c1-2-9-12-10(14-13-9)7-5-6(15(16)17)3-4-8(7)11/h3-5H,2,11H2,1H3,(H,12,13,14). The van der Waals surface area contributed by atoms with E-state index in [-0.39, 0.29) is 5.69 Å². The zero-order chi connectivity index (χ0) is 12.4. The minimum absolute atomic E-state index is 0.0305. The fourth-order valence-electron chi connectivity index (χ4n) is 1.43. The van der Waals surface area contributed by atoms with Crippen molar-refractivity contribution < 1.29 is 4.92 Å². The van der Waals surface area contributed by atoms with E-state index in [0.717, 1.165) is 0 Å². The summed E-state index contributed by atoms with van der Waals surface area (Å²) in [5.74, 6) is 1.09. The summed E-state index contributed by atoms with van der Waals surface area (Å²) in [6, 6.07) is 4.21. The molecule has 0 saturated heterocycles. The number of non-ortho nitro benzene ring substituents is 1. The lowest BCUT2D eigenvalue weighted by Crippen LogP contribution is -1.95. The number of nitrogens with one attached hydrogen (secondary N) is 1. The molecular weight excluding hydrogens is 222 g/mol. The zero-order valence-electron chi connectivity index (χ0n) is 9.17. The molecule has 2 rings (SSSR count). The van der Waals surface area contributed by atoms with Gasteiger partial charge in [-0.15, -0.1) is 0 Å². The third-order valence-corrected chi connectivity index (χ3v) is 2.36. The molecule has 7 heteroatoms. The van der Waals surface area contributed by atoms with Crippen LogP contribution >= 0.6 is 0 Å². The van der Waals surface area contributed by atoms with E-state index in [1.54, 1.807) is 0 Å². The van der Waals surface area contributed by atoms with Gasteiger partial charge in [-0.3, -0.25) is 15.2 Å². The number of anilines is 1. The Morgan fingerprint density at radius 2 is 2.29 bits per heavy atom. The monoisotopic (exact) mass is 233 g/mol. The summed E-state index contributed by atoms with van der Waals surface area (Å²) in [7, 11) is 0. The quantitative estimate of drug-likeness (QED) is 0.474. The van der Waals surface area contributed by atoms with Crippen molar-refractivity contribution in [3.63, 3.8) is 0 Å². The normalized spacial score (nSPS) is 10.4. The lowest BCUT2D eigenvalue weighted by Gasteiger charge is -2.00. The largest absolute Gasteiger partial charge is 0.398 e. The predicted octanol–water partition coefficient (Wildman–Crippen LogP) is 1.52. The number of hydrogen-bond donors (Lipinski definition) is 2. The highest BCUT2D eigenvalue weighted by Gasteiger charge is 2.14. The second-order valence-electron chi connectivity index (χ2n) is 3.49. The molecule has 0 aliphatic heterocycles. The molecule has 0 bridgehead atoms.